The smallest absolute Gasteiger partial charge is 0.358 e. The molecular weight excluding hydrogens is 272 g/mol. The standard InChI is InChI=1S/C14H20N4O3/c19-11(15-10-4-2-1-3-5-10)8-18-13(9-6-7-9)12(14(20)21)16-17-18/h9-10H,1-8H2,(H,15,19)(H,20,21). The average Bonchev–Trinajstić information content (AvgIpc) is 3.21. The zero-order valence-electron chi connectivity index (χ0n) is 11.9. The zero-order chi connectivity index (χ0) is 14.8. The molecule has 2 fully saturated rings. The number of carbonyl (C=O) groups is 2. The Morgan fingerprint density at radius 1 is 1.19 bits per heavy atom. The van der Waals surface area contributed by atoms with E-state index in [2.05, 4.69) is 15.6 Å². The van der Waals surface area contributed by atoms with Crippen molar-refractivity contribution < 1.29 is 14.7 Å². The second kappa shape index (κ2) is 5.83. The van der Waals surface area contributed by atoms with Gasteiger partial charge in [0.1, 0.15) is 6.54 Å². The summed E-state index contributed by atoms with van der Waals surface area (Å²) in [7, 11) is 0. The molecule has 0 bridgehead atoms. The molecule has 0 spiro atoms. The van der Waals surface area contributed by atoms with E-state index in [0.29, 0.717) is 5.69 Å². The fraction of sp³-hybridized carbons (Fsp3) is 0.714. The minimum absolute atomic E-state index is 0.0111. The molecule has 1 aromatic heterocycles. The van der Waals surface area contributed by atoms with Gasteiger partial charge in [-0.2, -0.15) is 0 Å². The molecule has 0 aromatic carbocycles. The SMILES string of the molecule is O=C(Cn1nnc(C(=O)O)c1C1CC1)NC1CCCCC1. The lowest BCUT2D eigenvalue weighted by Gasteiger charge is -2.22. The van der Waals surface area contributed by atoms with E-state index >= 15 is 0 Å². The third kappa shape index (κ3) is 3.22. The molecule has 2 aliphatic carbocycles. The summed E-state index contributed by atoms with van der Waals surface area (Å²) >= 11 is 0. The summed E-state index contributed by atoms with van der Waals surface area (Å²) in [4.78, 5) is 23.3. The van der Waals surface area contributed by atoms with Crippen molar-refractivity contribution in [3.63, 3.8) is 0 Å². The van der Waals surface area contributed by atoms with E-state index in [1.807, 2.05) is 0 Å². The molecular formula is C14H20N4O3. The number of carbonyl (C=O) groups excluding carboxylic acids is 1. The maximum Gasteiger partial charge on any atom is 0.358 e. The Morgan fingerprint density at radius 3 is 2.52 bits per heavy atom. The van der Waals surface area contributed by atoms with E-state index in [1.165, 1.54) is 11.1 Å². The lowest BCUT2D eigenvalue weighted by atomic mass is 9.95. The van der Waals surface area contributed by atoms with Crippen LogP contribution in [0.4, 0.5) is 0 Å². The highest BCUT2D eigenvalue weighted by atomic mass is 16.4. The van der Waals surface area contributed by atoms with Gasteiger partial charge < -0.3 is 10.4 Å². The fourth-order valence-electron chi connectivity index (χ4n) is 3.01. The molecule has 2 saturated carbocycles. The Morgan fingerprint density at radius 2 is 1.90 bits per heavy atom. The van der Waals surface area contributed by atoms with Crippen LogP contribution in [-0.4, -0.2) is 38.0 Å². The molecule has 7 nitrogen and oxygen atoms in total. The molecule has 21 heavy (non-hydrogen) atoms. The van der Waals surface area contributed by atoms with Gasteiger partial charge in [-0.05, 0) is 25.7 Å². The van der Waals surface area contributed by atoms with E-state index in [1.54, 1.807) is 0 Å². The molecule has 1 amide bonds. The van der Waals surface area contributed by atoms with Crippen molar-refractivity contribution in [2.75, 3.05) is 0 Å². The van der Waals surface area contributed by atoms with E-state index in [-0.39, 0.29) is 30.1 Å². The Kier molecular flexibility index (Phi) is 3.90. The number of aromatic nitrogens is 3. The highest BCUT2D eigenvalue weighted by molar-refractivity contribution is 5.87. The Bertz CT molecular complexity index is 544. The van der Waals surface area contributed by atoms with Crippen LogP contribution >= 0.6 is 0 Å². The summed E-state index contributed by atoms with van der Waals surface area (Å²) < 4.78 is 1.46. The van der Waals surface area contributed by atoms with Crippen LogP contribution in [0.15, 0.2) is 0 Å². The topological polar surface area (TPSA) is 97.1 Å². The van der Waals surface area contributed by atoms with Crippen molar-refractivity contribution >= 4 is 11.9 Å². The molecule has 2 N–H and O–H groups in total. The van der Waals surface area contributed by atoms with Gasteiger partial charge in [-0.3, -0.25) is 4.79 Å². The van der Waals surface area contributed by atoms with Gasteiger partial charge in [-0.25, -0.2) is 9.48 Å². The normalized spacial score (nSPS) is 19.4. The van der Waals surface area contributed by atoms with Gasteiger partial charge in [0.25, 0.3) is 0 Å². The number of nitrogens with one attached hydrogen (secondary N) is 1. The largest absolute Gasteiger partial charge is 0.476 e. The first-order valence-corrected chi connectivity index (χ1v) is 7.61. The summed E-state index contributed by atoms with van der Waals surface area (Å²) in [6.07, 6.45) is 7.49. The first kappa shape index (κ1) is 14.0. The third-order valence-corrected chi connectivity index (χ3v) is 4.20. The van der Waals surface area contributed by atoms with Crippen molar-refractivity contribution in [3.8, 4) is 0 Å². The van der Waals surface area contributed by atoms with Crippen LogP contribution in [0.1, 0.15) is 67.0 Å². The van der Waals surface area contributed by atoms with Crippen molar-refractivity contribution in [3.05, 3.63) is 11.4 Å². The number of hydrogen-bond acceptors (Lipinski definition) is 4. The second-order valence-electron chi connectivity index (χ2n) is 5.96. The van der Waals surface area contributed by atoms with Crippen LogP contribution < -0.4 is 5.32 Å². The van der Waals surface area contributed by atoms with Crippen LogP contribution in [0.3, 0.4) is 0 Å². The van der Waals surface area contributed by atoms with Crippen LogP contribution in [0.5, 0.6) is 0 Å². The molecule has 2 aliphatic rings. The summed E-state index contributed by atoms with van der Waals surface area (Å²) in [5.41, 5.74) is 0.587. The van der Waals surface area contributed by atoms with E-state index in [9.17, 15) is 9.59 Å². The second-order valence-corrected chi connectivity index (χ2v) is 5.96. The van der Waals surface area contributed by atoms with Crippen molar-refractivity contribution in [1.82, 2.24) is 20.3 Å². The number of rotatable bonds is 5. The van der Waals surface area contributed by atoms with Gasteiger partial charge in [0.05, 0.1) is 5.69 Å². The molecule has 0 aliphatic heterocycles. The molecule has 1 heterocycles. The van der Waals surface area contributed by atoms with Crippen LogP contribution in [0.25, 0.3) is 0 Å². The molecule has 0 saturated heterocycles. The monoisotopic (exact) mass is 292 g/mol. The van der Waals surface area contributed by atoms with Gasteiger partial charge in [0, 0.05) is 12.0 Å². The van der Waals surface area contributed by atoms with Crippen molar-refractivity contribution in [1.29, 1.82) is 0 Å². The van der Waals surface area contributed by atoms with Gasteiger partial charge in [-0.1, -0.05) is 24.5 Å². The molecule has 0 unspecified atom stereocenters. The molecule has 114 valence electrons. The van der Waals surface area contributed by atoms with Crippen LogP contribution in [-0.2, 0) is 11.3 Å². The van der Waals surface area contributed by atoms with E-state index < -0.39 is 5.97 Å². The summed E-state index contributed by atoms with van der Waals surface area (Å²) in [5.74, 6) is -0.991. The number of carboxylic acids is 1. The molecule has 0 radical (unpaired) electrons. The zero-order valence-corrected chi connectivity index (χ0v) is 11.9. The maximum atomic E-state index is 12.1. The summed E-state index contributed by atoms with van der Waals surface area (Å²) in [6, 6.07) is 0.248. The molecule has 7 heteroatoms. The third-order valence-electron chi connectivity index (χ3n) is 4.20. The van der Waals surface area contributed by atoms with Crippen molar-refractivity contribution in [2.45, 2.75) is 63.5 Å². The maximum absolute atomic E-state index is 12.1. The lowest BCUT2D eigenvalue weighted by Crippen LogP contribution is -2.38. The average molecular weight is 292 g/mol. The number of hydrogen-bond donors (Lipinski definition) is 2. The molecule has 0 atom stereocenters. The number of nitrogens with zero attached hydrogens (tertiary/aromatic N) is 3. The highest BCUT2D eigenvalue weighted by Gasteiger charge is 2.34. The van der Waals surface area contributed by atoms with Gasteiger partial charge >= 0.3 is 5.97 Å². The van der Waals surface area contributed by atoms with Gasteiger partial charge in [0.15, 0.2) is 5.69 Å². The number of aromatic carboxylic acids is 1. The molecule has 3 rings (SSSR count). The Hall–Kier alpha value is -1.92. The quantitative estimate of drug-likeness (QED) is 0.852. The minimum Gasteiger partial charge on any atom is -0.476 e. The lowest BCUT2D eigenvalue weighted by molar-refractivity contribution is -0.122. The van der Waals surface area contributed by atoms with Crippen LogP contribution in [0, 0.1) is 0 Å². The summed E-state index contributed by atoms with van der Waals surface area (Å²) in [5, 5.41) is 19.7. The van der Waals surface area contributed by atoms with Crippen molar-refractivity contribution in [2.24, 2.45) is 0 Å². The number of amides is 1. The number of carboxylic acid groups (broad SMARTS) is 1. The predicted molar refractivity (Wildman–Crippen MR) is 74.0 cm³/mol. The van der Waals surface area contributed by atoms with Crippen LogP contribution in [0.2, 0.25) is 0 Å². The first-order valence-electron chi connectivity index (χ1n) is 7.61. The van der Waals surface area contributed by atoms with E-state index in [4.69, 9.17) is 5.11 Å². The highest BCUT2D eigenvalue weighted by Crippen LogP contribution is 2.41. The first-order chi connectivity index (χ1) is 10.1. The van der Waals surface area contributed by atoms with Gasteiger partial charge in [0.2, 0.25) is 5.91 Å². The Balaban J connectivity index is 1.66. The minimum atomic E-state index is -1.07. The Labute approximate surface area is 122 Å². The predicted octanol–water partition coefficient (Wildman–Crippen LogP) is 1.30. The van der Waals surface area contributed by atoms with Gasteiger partial charge in [-0.15, -0.1) is 5.10 Å². The fourth-order valence-corrected chi connectivity index (χ4v) is 3.01. The van der Waals surface area contributed by atoms with E-state index in [0.717, 1.165) is 38.5 Å². The summed E-state index contributed by atoms with van der Waals surface area (Å²) in [6.45, 7) is 0.0581. The molecule has 1 aromatic rings.